The third-order valence-electron chi connectivity index (χ3n) is 3.25. The number of aliphatic carboxylic acids is 1. The minimum Gasteiger partial charge on any atom is -0.480 e. The summed E-state index contributed by atoms with van der Waals surface area (Å²) in [7, 11) is 0. The Morgan fingerprint density at radius 3 is 2.45 bits per heavy atom. The predicted octanol–water partition coefficient (Wildman–Crippen LogP) is 2.61. The van der Waals surface area contributed by atoms with Crippen molar-refractivity contribution in [3.8, 4) is 0 Å². The lowest BCUT2D eigenvalue weighted by Crippen LogP contribution is -2.48. The maximum absolute atomic E-state index is 11.7. The van der Waals surface area contributed by atoms with Gasteiger partial charge in [-0.1, -0.05) is 27.2 Å². The molecule has 0 radical (unpaired) electrons. The summed E-state index contributed by atoms with van der Waals surface area (Å²) < 4.78 is 0. The summed E-state index contributed by atoms with van der Waals surface area (Å²) >= 11 is 1.65. The monoisotopic (exact) mass is 298 g/mol. The van der Waals surface area contributed by atoms with Crippen LogP contribution < -0.4 is 10.6 Å². The van der Waals surface area contributed by atoms with Crippen molar-refractivity contribution in [1.29, 1.82) is 0 Å². The van der Waals surface area contributed by atoms with Crippen molar-refractivity contribution in [2.24, 2.45) is 5.92 Å². The largest absolute Gasteiger partial charge is 0.480 e. The average Bonchev–Trinajstić information content (AvgIpc) is 2.89. The van der Waals surface area contributed by atoms with E-state index in [0.717, 1.165) is 11.3 Å². The van der Waals surface area contributed by atoms with Gasteiger partial charge in [-0.25, -0.2) is 9.59 Å². The number of thiophene rings is 1. The van der Waals surface area contributed by atoms with Crippen LogP contribution in [0.2, 0.25) is 0 Å². The molecule has 0 saturated carbocycles. The van der Waals surface area contributed by atoms with Crippen LogP contribution in [-0.4, -0.2) is 23.1 Å². The van der Waals surface area contributed by atoms with Gasteiger partial charge in [0.2, 0.25) is 0 Å². The van der Waals surface area contributed by atoms with Crippen LogP contribution in [0.4, 0.5) is 4.79 Å². The van der Waals surface area contributed by atoms with E-state index in [1.54, 1.807) is 11.3 Å². The Balaban J connectivity index is 2.47. The molecule has 0 aliphatic carbocycles. The van der Waals surface area contributed by atoms with E-state index in [-0.39, 0.29) is 5.92 Å². The number of aryl methyl sites for hydroxylation is 1. The van der Waals surface area contributed by atoms with Crippen LogP contribution in [0, 0.1) is 5.92 Å². The highest BCUT2D eigenvalue weighted by Crippen LogP contribution is 2.16. The first-order chi connectivity index (χ1) is 9.47. The summed E-state index contributed by atoms with van der Waals surface area (Å²) in [5.41, 5.74) is 0. The van der Waals surface area contributed by atoms with Gasteiger partial charge < -0.3 is 15.7 Å². The van der Waals surface area contributed by atoms with Crippen LogP contribution >= 0.6 is 11.3 Å². The fourth-order valence-corrected chi connectivity index (χ4v) is 2.65. The molecule has 0 bridgehead atoms. The van der Waals surface area contributed by atoms with Crippen molar-refractivity contribution in [2.75, 3.05) is 0 Å². The van der Waals surface area contributed by atoms with Gasteiger partial charge in [0.1, 0.15) is 6.04 Å². The second-order valence-electron chi connectivity index (χ2n) is 4.75. The quantitative estimate of drug-likeness (QED) is 0.724. The standard InChI is InChI=1S/C14H22N2O3S/c1-4-9(3)12(13(17)18)16-14(19)15-8-11-7-6-10(5-2)20-11/h6-7,9,12H,4-5,8H2,1-3H3,(H,17,18)(H2,15,16,19)/t9?,12-/m0/s1. The number of amides is 2. The molecule has 0 saturated heterocycles. The lowest BCUT2D eigenvalue weighted by atomic mass is 9.99. The second kappa shape index (κ2) is 7.89. The van der Waals surface area contributed by atoms with Crippen molar-refractivity contribution in [2.45, 2.75) is 46.2 Å². The number of hydrogen-bond donors (Lipinski definition) is 3. The normalized spacial score (nSPS) is 13.6. The van der Waals surface area contributed by atoms with Crippen LogP contribution in [0.25, 0.3) is 0 Å². The molecule has 1 aromatic rings. The van der Waals surface area contributed by atoms with Gasteiger partial charge in [-0.05, 0) is 24.5 Å². The van der Waals surface area contributed by atoms with Gasteiger partial charge >= 0.3 is 12.0 Å². The number of carbonyl (C=O) groups is 2. The molecule has 1 heterocycles. The Labute approximate surface area is 123 Å². The molecule has 0 aromatic carbocycles. The summed E-state index contributed by atoms with van der Waals surface area (Å²) in [6.07, 6.45) is 1.67. The molecule has 0 aliphatic rings. The number of urea groups is 1. The van der Waals surface area contributed by atoms with Gasteiger partial charge in [-0.15, -0.1) is 11.3 Å². The van der Waals surface area contributed by atoms with Crippen LogP contribution in [0.15, 0.2) is 12.1 Å². The van der Waals surface area contributed by atoms with Crippen LogP contribution in [-0.2, 0) is 17.8 Å². The van der Waals surface area contributed by atoms with Gasteiger partial charge in [0, 0.05) is 9.75 Å². The van der Waals surface area contributed by atoms with E-state index < -0.39 is 18.0 Å². The van der Waals surface area contributed by atoms with Crippen molar-refractivity contribution in [1.82, 2.24) is 10.6 Å². The lowest BCUT2D eigenvalue weighted by molar-refractivity contribution is -0.140. The molecule has 3 N–H and O–H groups in total. The molecule has 1 unspecified atom stereocenters. The van der Waals surface area contributed by atoms with E-state index in [1.165, 1.54) is 4.88 Å². The number of rotatable bonds is 7. The van der Waals surface area contributed by atoms with Crippen molar-refractivity contribution >= 4 is 23.3 Å². The van der Waals surface area contributed by atoms with E-state index in [1.807, 2.05) is 26.0 Å². The Hall–Kier alpha value is -1.56. The maximum atomic E-state index is 11.7. The summed E-state index contributed by atoms with van der Waals surface area (Å²) in [5.74, 6) is -1.11. The summed E-state index contributed by atoms with van der Waals surface area (Å²) in [5, 5.41) is 14.3. The zero-order valence-electron chi connectivity index (χ0n) is 12.1. The zero-order valence-corrected chi connectivity index (χ0v) is 12.9. The molecule has 5 nitrogen and oxygen atoms in total. The van der Waals surface area contributed by atoms with Gasteiger partial charge in [-0.2, -0.15) is 0 Å². The third kappa shape index (κ3) is 4.85. The fraction of sp³-hybridized carbons (Fsp3) is 0.571. The maximum Gasteiger partial charge on any atom is 0.326 e. The number of carboxylic acids is 1. The molecule has 1 rings (SSSR count). The SMILES string of the molecule is CCc1ccc(CNC(=O)N[C@H](C(=O)O)C(C)CC)s1. The first kappa shape index (κ1) is 16.5. The van der Waals surface area contributed by atoms with Crippen molar-refractivity contribution in [3.63, 3.8) is 0 Å². The fourth-order valence-electron chi connectivity index (χ4n) is 1.75. The Kier molecular flexibility index (Phi) is 6.51. The number of carboxylic acid groups (broad SMARTS) is 1. The van der Waals surface area contributed by atoms with Crippen LogP contribution in [0.3, 0.4) is 0 Å². The highest BCUT2D eigenvalue weighted by Gasteiger charge is 2.25. The van der Waals surface area contributed by atoms with E-state index in [0.29, 0.717) is 13.0 Å². The molecular weight excluding hydrogens is 276 g/mol. The molecule has 0 spiro atoms. The lowest BCUT2D eigenvalue weighted by Gasteiger charge is -2.20. The molecule has 2 atom stereocenters. The van der Waals surface area contributed by atoms with Gasteiger partial charge in [0.15, 0.2) is 0 Å². The predicted molar refractivity (Wildman–Crippen MR) is 79.9 cm³/mol. The van der Waals surface area contributed by atoms with Crippen molar-refractivity contribution in [3.05, 3.63) is 21.9 Å². The number of hydrogen-bond acceptors (Lipinski definition) is 3. The van der Waals surface area contributed by atoms with Gasteiger partial charge in [0.05, 0.1) is 6.54 Å². The van der Waals surface area contributed by atoms with Crippen LogP contribution in [0.5, 0.6) is 0 Å². The van der Waals surface area contributed by atoms with Gasteiger partial charge in [-0.3, -0.25) is 0 Å². The molecule has 0 fully saturated rings. The molecular formula is C14H22N2O3S. The molecule has 20 heavy (non-hydrogen) atoms. The number of carbonyl (C=O) groups excluding carboxylic acids is 1. The van der Waals surface area contributed by atoms with Gasteiger partial charge in [0.25, 0.3) is 0 Å². The third-order valence-corrected chi connectivity index (χ3v) is 4.48. The summed E-state index contributed by atoms with van der Waals surface area (Å²) in [6.45, 7) is 6.21. The van der Waals surface area contributed by atoms with Crippen molar-refractivity contribution < 1.29 is 14.7 Å². The molecule has 6 heteroatoms. The Morgan fingerprint density at radius 2 is 1.95 bits per heavy atom. The minimum absolute atomic E-state index is 0.105. The topological polar surface area (TPSA) is 78.4 Å². The average molecular weight is 298 g/mol. The molecule has 0 aliphatic heterocycles. The van der Waals surface area contributed by atoms with E-state index in [9.17, 15) is 9.59 Å². The first-order valence-electron chi connectivity index (χ1n) is 6.82. The highest BCUT2D eigenvalue weighted by molar-refractivity contribution is 7.11. The molecule has 1 aromatic heterocycles. The minimum atomic E-state index is -1.00. The van der Waals surface area contributed by atoms with E-state index in [2.05, 4.69) is 17.6 Å². The molecule has 112 valence electrons. The van der Waals surface area contributed by atoms with E-state index >= 15 is 0 Å². The molecule has 2 amide bonds. The second-order valence-corrected chi connectivity index (χ2v) is 6.00. The summed E-state index contributed by atoms with van der Waals surface area (Å²) in [4.78, 5) is 25.2. The smallest absolute Gasteiger partial charge is 0.326 e. The zero-order chi connectivity index (χ0) is 15.1. The number of nitrogens with one attached hydrogen (secondary N) is 2. The van der Waals surface area contributed by atoms with Crippen LogP contribution in [0.1, 0.15) is 36.9 Å². The Bertz CT molecular complexity index is 459. The first-order valence-corrected chi connectivity index (χ1v) is 7.64. The summed E-state index contributed by atoms with van der Waals surface area (Å²) in [6, 6.07) is 2.73. The van der Waals surface area contributed by atoms with E-state index in [4.69, 9.17) is 5.11 Å². The Morgan fingerprint density at radius 1 is 1.30 bits per heavy atom. The highest BCUT2D eigenvalue weighted by atomic mass is 32.1.